The highest BCUT2D eigenvalue weighted by molar-refractivity contribution is 8.03. The number of non-ortho nitro benzene ring substituents is 1. The minimum absolute atomic E-state index is 0.0701. The Labute approximate surface area is 194 Å². The van der Waals surface area contributed by atoms with Crippen LogP contribution in [0, 0.1) is 16.0 Å². The Bertz CT molecular complexity index is 987. The Morgan fingerprint density at radius 2 is 2.00 bits per heavy atom. The average molecular weight is 479 g/mol. The molecule has 0 unspecified atom stereocenters. The number of nitro benzene ring substituents is 1. The molecule has 1 aromatic carbocycles. The number of fused-ring (bicyclic) bond motifs is 1. The lowest BCUT2D eigenvalue weighted by molar-refractivity contribution is -0.384. The fourth-order valence-electron chi connectivity index (χ4n) is 3.92. The number of carbonyl (C=O) groups excluding carboxylic acids is 3. The zero-order valence-electron chi connectivity index (χ0n) is 18.5. The predicted octanol–water partition coefficient (Wildman–Crippen LogP) is 1.51. The van der Waals surface area contributed by atoms with Crippen molar-refractivity contribution < 1.29 is 29.2 Å². The number of hydrogen-bond donors (Lipinski definition) is 3. The van der Waals surface area contributed by atoms with Gasteiger partial charge in [-0.2, -0.15) is 0 Å². The number of thioether (sulfide) groups is 1. The standard InChI is InChI=1S/C21H26N4O7S/c1-21(2,29)16-14-10-15(33-9-8-23-20(28)22-3)17(24(14)18(16)26)19(27)32-11-12-4-6-13(7-5-12)25(30)31/h4-7,14,16,29H,8-11H2,1-3H3,(H2,22,23,28)/t14-,16-/m0/s1. The number of nitro groups is 1. The van der Waals surface area contributed by atoms with Crippen LogP contribution in [0.25, 0.3) is 0 Å². The van der Waals surface area contributed by atoms with E-state index >= 15 is 0 Å². The first-order valence-electron chi connectivity index (χ1n) is 10.3. The molecule has 0 radical (unpaired) electrons. The van der Waals surface area contributed by atoms with E-state index < -0.39 is 22.4 Å². The number of esters is 1. The highest BCUT2D eigenvalue weighted by Crippen LogP contribution is 2.49. The molecule has 0 aliphatic carbocycles. The van der Waals surface area contributed by atoms with Gasteiger partial charge in [0.2, 0.25) is 5.91 Å². The van der Waals surface area contributed by atoms with Crippen molar-refractivity contribution in [2.24, 2.45) is 5.92 Å². The molecule has 2 aliphatic rings. The summed E-state index contributed by atoms with van der Waals surface area (Å²) in [6, 6.07) is 4.98. The monoisotopic (exact) mass is 478 g/mol. The van der Waals surface area contributed by atoms with Crippen molar-refractivity contribution in [3.05, 3.63) is 50.5 Å². The number of aliphatic hydroxyl groups is 1. The smallest absolute Gasteiger partial charge is 0.356 e. The van der Waals surface area contributed by atoms with Crippen LogP contribution < -0.4 is 10.6 Å². The van der Waals surface area contributed by atoms with Crippen LogP contribution in [0.1, 0.15) is 25.8 Å². The molecule has 1 fully saturated rings. The number of benzene rings is 1. The van der Waals surface area contributed by atoms with Gasteiger partial charge in [-0.05, 0) is 31.5 Å². The van der Waals surface area contributed by atoms with Gasteiger partial charge in [-0.25, -0.2) is 9.59 Å². The number of amides is 3. The summed E-state index contributed by atoms with van der Waals surface area (Å²) >= 11 is 1.35. The molecule has 12 heteroatoms. The quantitative estimate of drug-likeness (QED) is 0.159. The van der Waals surface area contributed by atoms with Gasteiger partial charge in [0.15, 0.2) is 0 Å². The molecule has 178 valence electrons. The summed E-state index contributed by atoms with van der Waals surface area (Å²) in [6.07, 6.45) is 0.410. The lowest BCUT2D eigenvalue weighted by atomic mass is 9.76. The Hall–Kier alpha value is -3.12. The van der Waals surface area contributed by atoms with Gasteiger partial charge < -0.3 is 25.4 Å². The van der Waals surface area contributed by atoms with Crippen LogP contribution in [-0.4, -0.2) is 63.8 Å². The summed E-state index contributed by atoms with van der Waals surface area (Å²) in [5.74, 6) is -1.17. The number of ether oxygens (including phenoxy) is 1. The van der Waals surface area contributed by atoms with Crippen LogP contribution in [0.2, 0.25) is 0 Å². The summed E-state index contributed by atoms with van der Waals surface area (Å²) in [6.45, 7) is 3.38. The van der Waals surface area contributed by atoms with Gasteiger partial charge in [0, 0.05) is 42.8 Å². The zero-order valence-corrected chi connectivity index (χ0v) is 19.3. The third-order valence-corrected chi connectivity index (χ3v) is 6.60. The molecule has 0 aromatic heterocycles. The summed E-state index contributed by atoms with van der Waals surface area (Å²) in [4.78, 5) is 49.4. The van der Waals surface area contributed by atoms with E-state index in [0.29, 0.717) is 29.2 Å². The van der Waals surface area contributed by atoms with Gasteiger partial charge >= 0.3 is 12.0 Å². The van der Waals surface area contributed by atoms with Gasteiger partial charge in [-0.15, -0.1) is 11.8 Å². The second-order valence-electron chi connectivity index (χ2n) is 8.24. The first-order chi connectivity index (χ1) is 15.5. The van der Waals surface area contributed by atoms with Crippen molar-refractivity contribution in [3.63, 3.8) is 0 Å². The van der Waals surface area contributed by atoms with E-state index in [0.717, 1.165) is 0 Å². The first kappa shape index (κ1) is 24.5. The van der Waals surface area contributed by atoms with Crippen LogP contribution >= 0.6 is 11.8 Å². The average Bonchev–Trinajstić information content (AvgIpc) is 3.07. The van der Waals surface area contributed by atoms with Crippen molar-refractivity contribution >= 4 is 35.4 Å². The Kier molecular flexibility index (Phi) is 7.28. The molecular weight excluding hydrogens is 452 g/mol. The Balaban J connectivity index is 1.71. The minimum Gasteiger partial charge on any atom is -0.456 e. The van der Waals surface area contributed by atoms with Crippen LogP contribution in [0.5, 0.6) is 0 Å². The molecule has 3 N–H and O–H groups in total. The van der Waals surface area contributed by atoms with E-state index in [2.05, 4.69) is 10.6 Å². The van der Waals surface area contributed by atoms with Crippen LogP contribution in [0.3, 0.4) is 0 Å². The van der Waals surface area contributed by atoms with Gasteiger partial charge in [0.1, 0.15) is 12.3 Å². The van der Waals surface area contributed by atoms with Crippen molar-refractivity contribution in [2.75, 3.05) is 19.3 Å². The number of β-lactam (4-membered cyclic amide) rings is 1. The van der Waals surface area contributed by atoms with E-state index in [9.17, 15) is 29.6 Å². The third kappa shape index (κ3) is 5.28. The molecule has 2 heterocycles. The molecule has 1 saturated heterocycles. The van der Waals surface area contributed by atoms with Crippen LogP contribution in [-0.2, 0) is 20.9 Å². The molecule has 1 aromatic rings. The number of nitrogens with zero attached hydrogens (tertiary/aromatic N) is 2. The van der Waals surface area contributed by atoms with Crippen molar-refractivity contribution in [1.29, 1.82) is 0 Å². The fraction of sp³-hybridized carbons (Fsp3) is 0.476. The molecular formula is C21H26N4O7S. The van der Waals surface area contributed by atoms with Gasteiger partial charge in [0.25, 0.3) is 5.69 Å². The van der Waals surface area contributed by atoms with Crippen LogP contribution in [0.15, 0.2) is 34.9 Å². The molecule has 0 spiro atoms. The largest absolute Gasteiger partial charge is 0.456 e. The highest BCUT2D eigenvalue weighted by atomic mass is 32.2. The van der Waals surface area contributed by atoms with Crippen molar-refractivity contribution in [1.82, 2.24) is 15.5 Å². The van der Waals surface area contributed by atoms with Crippen molar-refractivity contribution in [3.8, 4) is 0 Å². The number of carbonyl (C=O) groups is 3. The van der Waals surface area contributed by atoms with E-state index in [1.807, 2.05) is 0 Å². The number of rotatable bonds is 9. The summed E-state index contributed by atoms with van der Waals surface area (Å²) < 4.78 is 5.41. The normalized spacial score (nSPS) is 19.6. The minimum atomic E-state index is -1.23. The maximum absolute atomic E-state index is 12.9. The van der Waals surface area contributed by atoms with E-state index in [-0.39, 0.29) is 36.0 Å². The number of hydrogen-bond acceptors (Lipinski definition) is 8. The molecule has 11 nitrogen and oxygen atoms in total. The Morgan fingerprint density at radius 3 is 2.58 bits per heavy atom. The van der Waals surface area contributed by atoms with Gasteiger partial charge in [0.05, 0.1) is 22.5 Å². The maximum Gasteiger partial charge on any atom is 0.356 e. The first-order valence-corrected chi connectivity index (χ1v) is 11.3. The second kappa shape index (κ2) is 9.79. The molecule has 0 bridgehead atoms. The highest BCUT2D eigenvalue weighted by Gasteiger charge is 2.60. The second-order valence-corrected chi connectivity index (χ2v) is 9.43. The van der Waals surface area contributed by atoms with Crippen molar-refractivity contribution in [2.45, 2.75) is 38.5 Å². The van der Waals surface area contributed by atoms with Crippen LogP contribution in [0.4, 0.5) is 10.5 Å². The summed E-state index contributed by atoms with van der Waals surface area (Å²) in [7, 11) is 1.51. The zero-order chi connectivity index (χ0) is 24.3. The fourth-order valence-corrected chi connectivity index (χ4v) is 4.98. The topological polar surface area (TPSA) is 151 Å². The van der Waals surface area contributed by atoms with Gasteiger partial charge in [-0.1, -0.05) is 0 Å². The predicted molar refractivity (Wildman–Crippen MR) is 120 cm³/mol. The maximum atomic E-state index is 12.9. The number of nitrogens with one attached hydrogen (secondary N) is 2. The Morgan fingerprint density at radius 1 is 1.33 bits per heavy atom. The lowest BCUT2D eigenvalue weighted by Crippen LogP contribution is -2.65. The third-order valence-electron chi connectivity index (χ3n) is 5.48. The SMILES string of the molecule is CNC(=O)NCCSC1=C(C(=O)OCc2ccc([N+](=O)[O-])cc2)N2C(=O)[C@@H](C(C)(C)O)[C@@H]2C1. The number of urea groups is 1. The molecule has 2 atom stereocenters. The van der Waals surface area contributed by atoms with Gasteiger partial charge in [-0.3, -0.25) is 14.9 Å². The van der Waals surface area contributed by atoms with E-state index in [1.165, 1.54) is 48.0 Å². The van der Waals surface area contributed by atoms with E-state index in [1.54, 1.807) is 13.8 Å². The summed E-state index contributed by atoms with van der Waals surface area (Å²) in [5, 5.41) is 26.3. The molecule has 3 rings (SSSR count). The lowest BCUT2D eigenvalue weighted by Gasteiger charge is -2.48. The van der Waals surface area contributed by atoms with E-state index in [4.69, 9.17) is 4.74 Å². The molecule has 2 aliphatic heterocycles. The molecule has 0 saturated carbocycles. The molecule has 33 heavy (non-hydrogen) atoms. The summed E-state index contributed by atoms with van der Waals surface area (Å²) in [5.41, 5.74) is -0.582. The molecule has 3 amide bonds.